The largest absolute Gasteiger partial charge is 0.352 e. The predicted octanol–water partition coefficient (Wildman–Crippen LogP) is 1.51. The van der Waals surface area contributed by atoms with Crippen molar-refractivity contribution in [3.05, 3.63) is 24.2 Å². The van der Waals surface area contributed by atoms with Gasteiger partial charge in [-0.25, -0.2) is 9.97 Å². The second-order valence-electron chi connectivity index (χ2n) is 6.54. The highest BCUT2D eigenvalue weighted by Crippen LogP contribution is 2.36. The zero-order valence-corrected chi connectivity index (χ0v) is 13.6. The van der Waals surface area contributed by atoms with Crippen molar-refractivity contribution >= 4 is 23.0 Å². The molecule has 0 atom stereocenters. The minimum atomic E-state index is -0.141. The van der Waals surface area contributed by atoms with E-state index in [0.717, 1.165) is 30.6 Å². The van der Waals surface area contributed by atoms with Crippen LogP contribution in [0, 0.1) is 0 Å². The predicted molar refractivity (Wildman–Crippen MR) is 88.6 cm³/mol. The van der Waals surface area contributed by atoms with E-state index < -0.39 is 0 Å². The van der Waals surface area contributed by atoms with Crippen LogP contribution in [0.15, 0.2) is 18.6 Å². The first-order valence-electron chi connectivity index (χ1n) is 8.61. The number of carbonyl (C=O) groups is 2. The van der Waals surface area contributed by atoms with Crippen LogP contribution < -0.4 is 5.32 Å². The van der Waals surface area contributed by atoms with Gasteiger partial charge in [-0.2, -0.15) is 0 Å². The number of nitrogens with one attached hydrogen (secondary N) is 1. The SMILES string of the molecule is O=C(NCCCN1CCCC1=O)c1cnc2c(c1)ncn2C1CC1. The van der Waals surface area contributed by atoms with E-state index in [-0.39, 0.29) is 11.8 Å². The topological polar surface area (TPSA) is 80.1 Å². The first kappa shape index (κ1) is 15.1. The molecule has 2 amide bonds. The maximum absolute atomic E-state index is 12.2. The van der Waals surface area contributed by atoms with Gasteiger partial charge in [0.25, 0.3) is 5.91 Å². The molecule has 0 bridgehead atoms. The Kier molecular flexibility index (Phi) is 3.92. The molecule has 0 unspecified atom stereocenters. The van der Waals surface area contributed by atoms with E-state index >= 15 is 0 Å². The summed E-state index contributed by atoms with van der Waals surface area (Å²) in [5, 5.41) is 2.89. The molecule has 7 nitrogen and oxygen atoms in total. The van der Waals surface area contributed by atoms with Crippen LogP contribution in [0.2, 0.25) is 0 Å². The van der Waals surface area contributed by atoms with Gasteiger partial charge in [0, 0.05) is 38.3 Å². The van der Waals surface area contributed by atoms with Gasteiger partial charge < -0.3 is 14.8 Å². The van der Waals surface area contributed by atoms with Gasteiger partial charge in [0.1, 0.15) is 5.52 Å². The standard InChI is InChI=1S/C17H21N5O2/c23-15-3-1-7-21(15)8-2-6-18-17(24)12-9-14-16(19-10-12)22(11-20-14)13-4-5-13/h9-11,13H,1-8H2,(H,18,24). The first-order valence-corrected chi connectivity index (χ1v) is 8.61. The Bertz CT molecular complexity index is 780. The summed E-state index contributed by atoms with van der Waals surface area (Å²) in [5.41, 5.74) is 2.14. The molecule has 1 N–H and O–H groups in total. The van der Waals surface area contributed by atoms with Crippen LogP contribution in [0.1, 0.15) is 48.5 Å². The molecule has 0 spiro atoms. The Balaban J connectivity index is 1.32. The fourth-order valence-electron chi connectivity index (χ4n) is 3.18. The van der Waals surface area contributed by atoms with E-state index in [0.29, 0.717) is 31.1 Å². The van der Waals surface area contributed by atoms with Gasteiger partial charge in [-0.3, -0.25) is 9.59 Å². The van der Waals surface area contributed by atoms with Crippen LogP contribution in [0.25, 0.3) is 11.2 Å². The molecule has 4 rings (SSSR count). The van der Waals surface area contributed by atoms with Crippen LogP contribution in [0.4, 0.5) is 0 Å². The van der Waals surface area contributed by atoms with Crippen LogP contribution in [-0.2, 0) is 4.79 Å². The van der Waals surface area contributed by atoms with Crippen molar-refractivity contribution in [3.8, 4) is 0 Å². The molecular formula is C17H21N5O2. The zero-order valence-electron chi connectivity index (χ0n) is 13.6. The third-order valence-corrected chi connectivity index (χ3v) is 4.68. The number of amides is 2. The second-order valence-corrected chi connectivity index (χ2v) is 6.54. The van der Waals surface area contributed by atoms with Crippen molar-refractivity contribution in [3.63, 3.8) is 0 Å². The molecule has 2 aromatic rings. The van der Waals surface area contributed by atoms with Gasteiger partial charge in [0.2, 0.25) is 5.91 Å². The number of imidazole rings is 1. The van der Waals surface area contributed by atoms with Gasteiger partial charge in [0.15, 0.2) is 5.65 Å². The number of hydrogen-bond donors (Lipinski definition) is 1. The number of likely N-dealkylation sites (tertiary alicyclic amines) is 1. The van der Waals surface area contributed by atoms with Crippen LogP contribution in [-0.4, -0.2) is 50.9 Å². The number of rotatable bonds is 6. The Morgan fingerprint density at radius 1 is 1.33 bits per heavy atom. The van der Waals surface area contributed by atoms with Gasteiger partial charge in [-0.05, 0) is 31.7 Å². The smallest absolute Gasteiger partial charge is 0.252 e. The third kappa shape index (κ3) is 2.98. The molecule has 1 saturated carbocycles. The number of nitrogens with zero attached hydrogens (tertiary/aromatic N) is 4. The quantitative estimate of drug-likeness (QED) is 0.816. The molecule has 2 aliphatic rings. The Morgan fingerprint density at radius 2 is 2.21 bits per heavy atom. The summed E-state index contributed by atoms with van der Waals surface area (Å²) in [6.45, 7) is 2.11. The molecule has 2 aromatic heterocycles. The van der Waals surface area contributed by atoms with Crippen molar-refractivity contribution in [1.82, 2.24) is 24.8 Å². The molecule has 1 saturated heterocycles. The highest BCUT2D eigenvalue weighted by molar-refractivity contribution is 5.96. The molecule has 3 heterocycles. The van der Waals surface area contributed by atoms with Gasteiger partial charge in [0.05, 0.1) is 11.9 Å². The van der Waals surface area contributed by atoms with Gasteiger partial charge in [-0.1, -0.05) is 0 Å². The monoisotopic (exact) mass is 327 g/mol. The average Bonchev–Trinajstić information content (AvgIpc) is 3.22. The summed E-state index contributed by atoms with van der Waals surface area (Å²) in [7, 11) is 0. The van der Waals surface area contributed by atoms with Crippen molar-refractivity contribution in [1.29, 1.82) is 0 Å². The maximum atomic E-state index is 12.2. The minimum absolute atomic E-state index is 0.141. The van der Waals surface area contributed by atoms with E-state index in [9.17, 15) is 9.59 Å². The normalized spacial score (nSPS) is 17.7. The zero-order chi connectivity index (χ0) is 16.5. The maximum Gasteiger partial charge on any atom is 0.252 e. The summed E-state index contributed by atoms with van der Waals surface area (Å²) < 4.78 is 2.09. The Morgan fingerprint density at radius 3 is 2.96 bits per heavy atom. The molecule has 1 aliphatic carbocycles. The van der Waals surface area contributed by atoms with E-state index in [1.54, 1.807) is 12.3 Å². The fourth-order valence-corrected chi connectivity index (χ4v) is 3.18. The summed E-state index contributed by atoms with van der Waals surface area (Å²) in [6.07, 6.45) is 8.15. The Labute approximate surface area is 140 Å². The fraction of sp³-hybridized carbons (Fsp3) is 0.529. The first-order chi connectivity index (χ1) is 11.7. The van der Waals surface area contributed by atoms with Crippen molar-refractivity contribution in [2.45, 2.75) is 38.1 Å². The summed E-state index contributed by atoms with van der Waals surface area (Å²) >= 11 is 0. The molecular weight excluding hydrogens is 306 g/mol. The number of carbonyl (C=O) groups excluding carboxylic acids is 2. The highest BCUT2D eigenvalue weighted by atomic mass is 16.2. The molecule has 2 fully saturated rings. The van der Waals surface area contributed by atoms with E-state index in [4.69, 9.17) is 0 Å². The van der Waals surface area contributed by atoms with Crippen LogP contribution in [0.5, 0.6) is 0 Å². The second kappa shape index (κ2) is 6.22. The molecule has 24 heavy (non-hydrogen) atoms. The van der Waals surface area contributed by atoms with E-state index in [2.05, 4.69) is 19.9 Å². The molecule has 0 radical (unpaired) electrons. The Hall–Kier alpha value is -2.44. The average molecular weight is 327 g/mol. The minimum Gasteiger partial charge on any atom is -0.352 e. The molecule has 126 valence electrons. The van der Waals surface area contributed by atoms with Crippen molar-refractivity contribution in [2.24, 2.45) is 0 Å². The van der Waals surface area contributed by atoms with E-state index in [1.165, 1.54) is 12.8 Å². The van der Waals surface area contributed by atoms with Gasteiger partial charge >= 0.3 is 0 Å². The summed E-state index contributed by atoms with van der Waals surface area (Å²) in [5.74, 6) is 0.0837. The van der Waals surface area contributed by atoms with Crippen LogP contribution in [0.3, 0.4) is 0 Å². The van der Waals surface area contributed by atoms with Crippen LogP contribution >= 0.6 is 0 Å². The van der Waals surface area contributed by atoms with Crippen molar-refractivity contribution in [2.75, 3.05) is 19.6 Å². The van der Waals surface area contributed by atoms with E-state index in [1.807, 2.05) is 11.2 Å². The lowest BCUT2D eigenvalue weighted by molar-refractivity contribution is -0.127. The summed E-state index contributed by atoms with van der Waals surface area (Å²) in [6, 6.07) is 2.32. The van der Waals surface area contributed by atoms with Crippen molar-refractivity contribution < 1.29 is 9.59 Å². The number of fused-ring (bicyclic) bond motifs is 1. The lowest BCUT2D eigenvalue weighted by atomic mass is 10.2. The van der Waals surface area contributed by atoms with Gasteiger partial charge in [-0.15, -0.1) is 0 Å². The third-order valence-electron chi connectivity index (χ3n) is 4.68. The lowest BCUT2D eigenvalue weighted by Gasteiger charge is -2.15. The number of hydrogen-bond acceptors (Lipinski definition) is 4. The lowest BCUT2D eigenvalue weighted by Crippen LogP contribution is -2.30. The molecule has 1 aliphatic heterocycles. The highest BCUT2D eigenvalue weighted by Gasteiger charge is 2.25. The molecule has 7 heteroatoms. The number of aromatic nitrogens is 3. The molecule has 0 aromatic carbocycles. The number of pyridine rings is 1. The summed E-state index contributed by atoms with van der Waals surface area (Å²) in [4.78, 5) is 34.4.